The van der Waals surface area contributed by atoms with Gasteiger partial charge < -0.3 is 24.1 Å². The number of imidazole rings is 1. The minimum absolute atomic E-state index is 0.0663. The summed E-state index contributed by atoms with van der Waals surface area (Å²) in [6.45, 7) is 13.1. The molecule has 0 bridgehead atoms. The Labute approximate surface area is 176 Å². The van der Waals surface area contributed by atoms with Crippen molar-refractivity contribution in [2.75, 3.05) is 31.9 Å². The molecule has 11 heteroatoms. The van der Waals surface area contributed by atoms with Crippen LogP contribution >= 0.6 is 19.2 Å². The number of aromatic nitrogens is 4. The van der Waals surface area contributed by atoms with Crippen LogP contribution in [0.25, 0.3) is 11.2 Å². The van der Waals surface area contributed by atoms with E-state index >= 15 is 0 Å². The summed E-state index contributed by atoms with van der Waals surface area (Å²) in [5.74, 6) is 0.532. The molecule has 0 radical (unpaired) electrons. The Kier molecular flexibility index (Phi) is 8.60. The number of nitrogen functional groups attached to an aromatic ring is 1. The number of nitrogens with zero attached hydrogens (tertiary/aromatic N) is 4. The average molecular weight is 446 g/mol. The summed E-state index contributed by atoms with van der Waals surface area (Å²) in [7, 11) is -3.34. The van der Waals surface area contributed by atoms with Crippen LogP contribution in [0.3, 0.4) is 0 Å². The van der Waals surface area contributed by atoms with Crippen LogP contribution in [0.2, 0.25) is 5.15 Å². The minimum Gasteiger partial charge on any atom is -0.368 e. The standard InChI is InChI=1S/C18H29ClN5O4P/c1-12(2)7-27-29(25,28-8-13(3)4)11-26-9-14(5)6-24-10-21-15-16(19)22-18(20)23-17(15)24/h10,12-13H,5-9,11H2,1-4H3,(H2,20,22,23). The molecule has 9 nitrogen and oxygen atoms in total. The van der Waals surface area contributed by atoms with Gasteiger partial charge in [-0.1, -0.05) is 45.9 Å². The largest absolute Gasteiger partial charge is 0.368 e. The van der Waals surface area contributed by atoms with E-state index in [1.54, 1.807) is 10.9 Å². The van der Waals surface area contributed by atoms with Crippen LogP contribution in [0.1, 0.15) is 27.7 Å². The number of fused-ring (bicyclic) bond motifs is 1. The van der Waals surface area contributed by atoms with Crippen LogP contribution in [0, 0.1) is 11.8 Å². The Bertz CT molecular complexity index is 871. The molecule has 0 aromatic carbocycles. The number of rotatable bonds is 12. The molecule has 0 spiro atoms. The van der Waals surface area contributed by atoms with Crippen molar-refractivity contribution < 1.29 is 18.3 Å². The highest BCUT2D eigenvalue weighted by Crippen LogP contribution is 2.48. The molecule has 0 saturated carbocycles. The van der Waals surface area contributed by atoms with E-state index in [-0.39, 0.29) is 35.9 Å². The van der Waals surface area contributed by atoms with Gasteiger partial charge in [0.25, 0.3) is 0 Å². The molecular formula is C18H29ClN5O4P. The predicted octanol–water partition coefficient (Wildman–Crippen LogP) is 4.13. The molecule has 2 rings (SSSR count). The van der Waals surface area contributed by atoms with Gasteiger partial charge in [0.2, 0.25) is 5.95 Å². The second-order valence-corrected chi connectivity index (χ2v) is 9.99. The molecule has 162 valence electrons. The van der Waals surface area contributed by atoms with Gasteiger partial charge in [0.15, 0.2) is 10.8 Å². The van der Waals surface area contributed by atoms with Crippen LogP contribution < -0.4 is 5.73 Å². The van der Waals surface area contributed by atoms with Crippen molar-refractivity contribution in [3.05, 3.63) is 23.6 Å². The molecular weight excluding hydrogens is 417 g/mol. The molecule has 0 fully saturated rings. The maximum absolute atomic E-state index is 12.9. The molecule has 0 amide bonds. The zero-order valence-corrected chi connectivity index (χ0v) is 18.9. The Morgan fingerprint density at radius 2 is 1.86 bits per heavy atom. The third kappa shape index (κ3) is 7.35. The van der Waals surface area contributed by atoms with Crippen molar-refractivity contribution >= 4 is 36.3 Å². The van der Waals surface area contributed by atoms with E-state index in [2.05, 4.69) is 21.5 Å². The maximum Gasteiger partial charge on any atom is 0.356 e. The fraction of sp³-hybridized carbons (Fsp3) is 0.611. The van der Waals surface area contributed by atoms with Crippen molar-refractivity contribution in [2.24, 2.45) is 11.8 Å². The first-order valence-corrected chi connectivity index (χ1v) is 11.5. The SMILES string of the molecule is C=C(COCP(=O)(OCC(C)C)OCC(C)C)Cn1cnc2c(Cl)nc(N)nc21. The van der Waals surface area contributed by atoms with Crippen molar-refractivity contribution in [3.8, 4) is 0 Å². The van der Waals surface area contributed by atoms with Crippen molar-refractivity contribution in [3.63, 3.8) is 0 Å². The van der Waals surface area contributed by atoms with Gasteiger partial charge in [-0.3, -0.25) is 4.57 Å². The number of nitrogens with two attached hydrogens (primary N) is 1. The number of anilines is 1. The molecule has 2 N–H and O–H groups in total. The lowest BCUT2D eigenvalue weighted by Gasteiger charge is -2.21. The number of hydrogen-bond acceptors (Lipinski definition) is 8. The molecule has 2 heterocycles. The predicted molar refractivity (Wildman–Crippen MR) is 114 cm³/mol. The monoisotopic (exact) mass is 445 g/mol. The van der Waals surface area contributed by atoms with Gasteiger partial charge in [0, 0.05) is 6.54 Å². The van der Waals surface area contributed by atoms with Gasteiger partial charge in [0.05, 0.1) is 26.1 Å². The van der Waals surface area contributed by atoms with Crippen LogP contribution in [0.5, 0.6) is 0 Å². The van der Waals surface area contributed by atoms with Crippen LogP contribution in [-0.4, -0.2) is 45.7 Å². The molecule has 0 saturated heterocycles. The van der Waals surface area contributed by atoms with E-state index < -0.39 is 7.60 Å². The third-order valence-corrected chi connectivity index (χ3v) is 5.44. The first-order chi connectivity index (χ1) is 13.6. The van der Waals surface area contributed by atoms with Gasteiger partial charge in [-0.25, -0.2) is 4.98 Å². The molecule has 2 aromatic rings. The van der Waals surface area contributed by atoms with Crippen molar-refractivity contribution in [2.45, 2.75) is 34.2 Å². The summed E-state index contributed by atoms with van der Waals surface area (Å²) in [6, 6.07) is 0. The average Bonchev–Trinajstić information content (AvgIpc) is 3.01. The van der Waals surface area contributed by atoms with E-state index in [1.807, 2.05) is 27.7 Å². The summed E-state index contributed by atoms with van der Waals surface area (Å²) >= 11 is 6.04. The lowest BCUT2D eigenvalue weighted by Crippen LogP contribution is -2.12. The maximum atomic E-state index is 12.9. The van der Waals surface area contributed by atoms with Gasteiger partial charge in [0.1, 0.15) is 11.9 Å². The summed E-state index contributed by atoms with van der Waals surface area (Å²) < 4.78 is 31.3. The van der Waals surface area contributed by atoms with Crippen LogP contribution in [0.4, 0.5) is 5.95 Å². The summed E-state index contributed by atoms with van der Waals surface area (Å²) in [5.41, 5.74) is 7.35. The highest BCUT2D eigenvalue weighted by molar-refractivity contribution is 7.53. The Morgan fingerprint density at radius 1 is 1.24 bits per heavy atom. The smallest absolute Gasteiger partial charge is 0.356 e. The van der Waals surface area contributed by atoms with Crippen LogP contribution in [0.15, 0.2) is 18.5 Å². The lowest BCUT2D eigenvalue weighted by atomic mass is 10.2. The van der Waals surface area contributed by atoms with Crippen molar-refractivity contribution in [1.82, 2.24) is 19.5 Å². The first kappa shape index (κ1) is 23.8. The summed E-state index contributed by atoms with van der Waals surface area (Å²) in [5, 5.41) is 0.193. The van der Waals surface area contributed by atoms with Gasteiger partial charge in [-0.2, -0.15) is 9.97 Å². The Morgan fingerprint density at radius 3 is 2.45 bits per heavy atom. The lowest BCUT2D eigenvalue weighted by molar-refractivity contribution is 0.125. The second kappa shape index (κ2) is 10.5. The van der Waals surface area contributed by atoms with Gasteiger partial charge in [-0.05, 0) is 17.4 Å². The van der Waals surface area contributed by atoms with E-state index in [4.69, 9.17) is 31.1 Å². The first-order valence-electron chi connectivity index (χ1n) is 9.36. The third-order valence-electron chi connectivity index (χ3n) is 3.60. The zero-order chi connectivity index (χ0) is 21.6. The molecule has 2 aromatic heterocycles. The van der Waals surface area contributed by atoms with Gasteiger partial charge >= 0.3 is 7.60 Å². The molecule has 0 aliphatic rings. The summed E-state index contributed by atoms with van der Waals surface area (Å²) in [6.07, 6.45) is 1.44. The molecule has 0 unspecified atom stereocenters. The van der Waals surface area contributed by atoms with Gasteiger partial charge in [-0.15, -0.1) is 0 Å². The Balaban J connectivity index is 1.94. The zero-order valence-electron chi connectivity index (χ0n) is 17.3. The fourth-order valence-corrected chi connectivity index (χ4v) is 4.08. The van der Waals surface area contributed by atoms with Crippen molar-refractivity contribution in [1.29, 1.82) is 0 Å². The van der Waals surface area contributed by atoms with E-state index in [1.165, 1.54) is 0 Å². The quantitative estimate of drug-likeness (QED) is 0.294. The van der Waals surface area contributed by atoms with E-state index in [9.17, 15) is 4.57 Å². The highest BCUT2D eigenvalue weighted by Gasteiger charge is 2.26. The van der Waals surface area contributed by atoms with Crippen LogP contribution in [-0.2, 0) is 24.9 Å². The summed E-state index contributed by atoms with van der Waals surface area (Å²) in [4.78, 5) is 12.2. The van der Waals surface area contributed by atoms with E-state index in [0.29, 0.717) is 30.9 Å². The topological polar surface area (TPSA) is 114 Å². The fourth-order valence-electron chi connectivity index (χ4n) is 2.27. The molecule has 29 heavy (non-hydrogen) atoms. The number of ether oxygens (including phenoxy) is 1. The molecule has 0 aliphatic carbocycles. The molecule has 0 aliphatic heterocycles. The number of hydrogen-bond donors (Lipinski definition) is 1. The number of halogens is 1. The highest BCUT2D eigenvalue weighted by atomic mass is 35.5. The second-order valence-electron chi connectivity index (χ2n) is 7.63. The van der Waals surface area contributed by atoms with E-state index in [0.717, 1.165) is 5.57 Å². The minimum atomic E-state index is -3.34. The normalized spacial score (nSPS) is 12.4. The Hall–Kier alpha value is -1.51. The molecule has 0 atom stereocenters.